The molecule has 3 aromatic carbocycles. The SMILES string of the molecule is C=CCN(CC(=O)N[C@@H](Cc1ccc(OC(C)(C)C)cc1)C(=O)N(Cc1cccc2cccnc12)[C@@H](C)C(OCC)OCC)N(Cc1ccccc1)C(N)=O. The van der Waals surface area contributed by atoms with Crippen molar-refractivity contribution in [2.45, 2.75) is 85.0 Å². The highest BCUT2D eigenvalue weighted by Gasteiger charge is 2.35. The molecule has 55 heavy (non-hydrogen) atoms. The molecule has 4 rings (SSSR count). The number of aromatic nitrogens is 1. The number of carbonyl (C=O) groups excluding carboxylic acids is 3. The lowest BCUT2D eigenvalue weighted by Gasteiger charge is -2.37. The Morgan fingerprint density at radius 2 is 1.56 bits per heavy atom. The number of amides is 4. The number of urea groups is 1. The van der Waals surface area contributed by atoms with Gasteiger partial charge in [0.25, 0.3) is 0 Å². The van der Waals surface area contributed by atoms with Gasteiger partial charge in [0.15, 0.2) is 6.29 Å². The first kappa shape index (κ1) is 42.4. The molecule has 0 saturated carbocycles. The highest BCUT2D eigenvalue weighted by Crippen LogP contribution is 2.24. The molecular weight excluding hydrogens is 697 g/mol. The van der Waals surface area contributed by atoms with E-state index in [-0.39, 0.29) is 38.5 Å². The van der Waals surface area contributed by atoms with Gasteiger partial charge < -0.3 is 30.2 Å². The number of benzene rings is 3. The van der Waals surface area contributed by atoms with Crippen LogP contribution in [0.4, 0.5) is 4.79 Å². The zero-order valence-corrected chi connectivity index (χ0v) is 32.9. The van der Waals surface area contributed by atoms with Gasteiger partial charge in [0.2, 0.25) is 11.8 Å². The molecule has 0 fully saturated rings. The molecule has 0 bridgehead atoms. The Kier molecular flexibility index (Phi) is 15.7. The van der Waals surface area contributed by atoms with Gasteiger partial charge in [-0.05, 0) is 76.4 Å². The number of hydrogen-bond acceptors (Lipinski definition) is 8. The van der Waals surface area contributed by atoms with Crippen molar-refractivity contribution in [3.8, 4) is 5.75 Å². The largest absolute Gasteiger partial charge is 0.488 e. The van der Waals surface area contributed by atoms with Crippen LogP contribution in [0.1, 0.15) is 58.2 Å². The van der Waals surface area contributed by atoms with Crippen LogP contribution < -0.4 is 15.8 Å². The Labute approximate surface area is 325 Å². The summed E-state index contributed by atoms with van der Waals surface area (Å²) in [6.07, 6.45) is 2.73. The molecule has 1 aromatic heterocycles. The molecular formula is C43H56N6O6. The lowest BCUT2D eigenvalue weighted by atomic mass is 10.0. The first-order valence-corrected chi connectivity index (χ1v) is 18.7. The third-order valence-corrected chi connectivity index (χ3v) is 8.74. The lowest BCUT2D eigenvalue weighted by molar-refractivity contribution is -0.179. The molecule has 0 radical (unpaired) electrons. The summed E-state index contributed by atoms with van der Waals surface area (Å²) in [6.45, 7) is 16.3. The average Bonchev–Trinajstić information content (AvgIpc) is 3.15. The fourth-order valence-electron chi connectivity index (χ4n) is 6.26. The third-order valence-electron chi connectivity index (χ3n) is 8.74. The van der Waals surface area contributed by atoms with Crippen molar-refractivity contribution in [3.05, 3.63) is 120 Å². The number of hydrogen-bond donors (Lipinski definition) is 2. The molecule has 0 aliphatic carbocycles. The van der Waals surface area contributed by atoms with Crippen molar-refractivity contribution in [3.63, 3.8) is 0 Å². The van der Waals surface area contributed by atoms with E-state index in [1.807, 2.05) is 126 Å². The van der Waals surface area contributed by atoms with Crippen LogP contribution in [-0.4, -0.2) is 88.0 Å². The second-order valence-electron chi connectivity index (χ2n) is 14.2. The van der Waals surface area contributed by atoms with Gasteiger partial charge in [-0.1, -0.05) is 72.8 Å². The number of nitrogens with one attached hydrogen (secondary N) is 1. The minimum absolute atomic E-state index is 0.142. The molecule has 3 N–H and O–H groups in total. The third kappa shape index (κ3) is 12.6. The van der Waals surface area contributed by atoms with Gasteiger partial charge in [0, 0.05) is 44.3 Å². The molecule has 4 aromatic rings. The zero-order chi connectivity index (χ0) is 40.0. The van der Waals surface area contributed by atoms with Crippen LogP contribution in [0.2, 0.25) is 0 Å². The molecule has 0 spiro atoms. The predicted octanol–water partition coefficient (Wildman–Crippen LogP) is 6.24. The van der Waals surface area contributed by atoms with Crippen molar-refractivity contribution in [1.29, 1.82) is 0 Å². The van der Waals surface area contributed by atoms with Crippen molar-refractivity contribution >= 4 is 28.7 Å². The van der Waals surface area contributed by atoms with Gasteiger partial charge >= 0.3 is 6.03 Å². The van der Waals surface area contributed by atoms with Gasteiger partial charge in [-0.2, -0.15) is 0 Å². The van der Waals surface area contributed by atoms with Gasteiger partial charge in [0.1, 0.15) is 17.4 Å². The first-order chi connectivity index (χ1) is 26.3. The zero-order valence-electron chi connectivity index (χ0n) is 32.9. The summed E-state index contributed by atoms with van der Waals surface area (Å²) in [4.78, 5) is 48.2. The van der Waals surface area contributed by atoms with E-state index in [1.54, 1.807) is 17.2 Å². The van der Waals surface area contributed by atoms with Gasteiger partial charge in [-0.25, -0.2) is 9.80 Å². The molecule has 12 nitrogen and oxygen atoms in total. The second kappa shape index (κ2) is 20.4. The Hall–Kier alpha value is -5.30. The quantitative estimate of drug-likeness (QED) is 0.0615. The Morgan fingerprint density at radius 1 is 0.891 bits per heavy atom. The molecule has 1 heterocycles. The molecule has 0 saturated heterocycles. The number of pyridine rings is 1. The number of para-hydroxylation sites is 1. The number of primary amides is 1. The van der Waals surface area contributed by atoms with Crippen molar-refractivity contribution < 1.29 is 28.6 Å². The number of carbonyl (C=O) groups is 3. The van der Waals surface area contributed by atoms with E-state index >= 15 is 4.79 Å². The molecule has 2 atom stereocenters. The number of rotatable bonds is 20. The summed E-state index contributed by atoms with van der Waals surface area (Å²) < 4.78 is 18.1. The summed E-state index contributed by atoms with van der Waals surface area (Å²) in [5.41, 5.74) is 8.66. The summed E-state index contributed by atoms with van der Waals surface area (Å²) in [6, 6.07) is 24.2. The summed E-state index contributed by atoms with van der Waals surface area (Å²) >= 11 is 0. The highest BCUT2D eigenvalue weighted by molar-refractivity contribution is 5.89. The van der Waals surface area contributed by atoms with Crippen LogP contribution in [0.25, 0.3) is 10.9 Å². The minimum Gasteiger partial charge on any atom is -0.488 e. The number of fused-ring (bicyclic) bond motifs is 1. The van der Waals surface area contributed by atoms with Crippen LogP contribution in [0, 0.1) is 0 Å². The van der Waals surface area contributed by atoms with E-state index in [0.717, 1.165) is 27.6 Å². The molecule has 4 amide bonds. The summed E-state index contributed by atoms with van der Waals surface area (Å²) in [5.74, 6) is -0.152. The molecule has 294 valence electrons. The standard InChI is InChI=1S/C43H56N6O6/c1-8-26-47(49(42(44)52)28-33-16-12-11-13-17-33)30-38(50)46-37(27-32-21-23-36(24-22-32)55-43(5,6)7)40(51)48(31(4)41(53-9-2)54-10-3)29-35-19-14-18-34-20-15-25-45-39(34)35/h8,11-25,31,37,41H,1,9-10,26-30H2,2-7H3,(H2,44,52)(H,46,50)/t31-,37-/m0/s1. The number of nitrogens with zero attached hydrogens (tertiary/aromatic N) is 4. The van der Waals surface area contributed by atoms with E-state index in [4.69, 9.17) is 19.9 Å². The molecule has 0 unspecified atom stereocenters. The fraction of sp³-hybridized carbons (Fsp3) is 0.395. The minimum atomic E-state index is -1.03. The number of ether oxygens (including phenoxy) is 3. The topological polar surface area (TPSA) is 140 Å². The smallest absolute Gasteiger partial charge is 0.329 e. The highest BCUT2D eigenvalue weighted by atomic mass is 16.7. The maximum atomic E-state index is 15.1. The monoisotopic (exact) mass is 752 g/mol. The van der Waals surface area contributed by atoms with Crippen LogP contribution in [0.3, 0.4) is 0 Å². The van der Waals surface area contributed by atoms with E-state index in [2.05, 4.69) is 16.9 Å². The van der Waals surface area contributed by atoms with Gasteiger partial charge in [-0.15, -0.1) is 6.58 Å². The molecule has 12 heteroatoms. The Morgan fingerprint density at radius 3 is 2.18 bits per heavy atom. The van der Waals surface area contributed by atoms with Gasteiger partial charge in [0.05, 0.1) is 24.6 Å². The van der Waals surface area contributed by atoms with Crippen molar-refractivity contribution in [1.82, 2.24) is 25.2 Å². The first-order valence-electron chi connectivity index (χ1n) is 18.7. The average molecular weight is 753 g/mol. The Balaban J connectivity index is 1.72. The fourth-order valence-corrected chi connectivity index (χ4v) is 6.26. The van der Waals surface area contributed by atoms with Crippen LogP contribution in [0.15, 0.2) is 104 Å². The van der Waals surface area contributed by atoms with Crippen molar-refractivity contribution in [2.75, 3.05) is 26.3 Å². The normalized spacial score (nSPS) is 12.7. The maximum absolute atomic E-state index is 15.1. The number of nitrogens with two attached hydrogens (primary N) is 1. The van der Waals surface area contributed by atoms with E-state index in [1.165, 1.54) is 10.0 Å². The van der Waals surface area contributed by atoms with Crippen LogP contribution >= 0.6 is 0 Å². The second-order valence-corrected chi connectivity index (χ2v) is 14.2. The molecule has 0 aliphatic rings. The van der Waals surface area contributed by atoms with E-state index in [9.17, 15) is 9.59 Å². The van der Waals surface area contributed by atoms with E-state index in [0.29, 0.717) is 19.0 Å². The van der Waals surface area contributed by atoms with E-state index < -0.39 is 35.9 Å². The van der Waals surface area contributed by atoms with Crippen LogP contribution in [-0.2, 0) is 38.6 Å². The summed E-state index contributed by atoms with van der Waals surface area (Å²) in [5, 5.41) is 6.77. The molecule has 0 aliphatic heterocycles. The van der Waals surface area contributed by atoms with Crippen LogP contribution in [0.5, 0.6) is 5.75 Å². The Bertz CT molecular complexity index is 1840. The van der Waals surface area contributed by atoms with Crippen molar-refractivity contribution in [2.24, 2.45) is 5.73 Å². The lowest BCUT2D eigenvalue weighted by Crippen LogP contribution is -2.57. The number of hydrazine groups is 1. The maximum Gasteiger partial charge on any atom is 0.329 e. The predicted molar refractivity (Wildman–Crippen MR) is 215 cm³/mol. The summed E-state index contributed by atoms with van der Waals surface area (Å²) in [7, 11) is 0. The van der Waals surface area contributed by atoms with Gasteiger partial charge in [-0.3, -0.25) is 19.6 Å².